The van der Waals surface area contributed by atoms with Gasteiger partial charge in [-0.15, -0.1) is 11.3 Å². The third-order valence-corrected chi connectivity index (χ3v) is 5.92. The van der Waals surface area contributed by atoms with Crippen molar-refractivity contribution in [3.05, 3.63) is 82.1 Å². The third kappa shape index (κ3) is 5.04. The summed E-state index contributed by atoms with van der Waals surface area (Å²) in [6, 6.07) is 13.5. The lowest BCUT2D eigenvalue weighted by atomic mass is 9.99. The first-order valence-electron chi connectivity index (χ1n) is 9.91. The molecule has 1 N–H and O–H groups in total. The maximum Gasteiger partial charge on any atom is 0.253 e. The molecule has 5 nitrogen and oxygen atoms in total. The molecule has 0 aliphatic carbocycles. The standard InChI is InChI=1S/C23H23FN2O3S/c24-19-5-1-16(2-6-19)18-9-10-26(12-18)23(28)17-3-7-22(8-4-17)29-13-21(27)11-20-14-30-15-25-20/h1-8,14-15,18,21,27H,9-13H2/t18-,21?/m0/s1. The van der Waals surface area contributed by atoms with E-state index in [2.05, 4.69) is 4.98 Å². The molecule has 0 bridgehead atoms. The molecule has 2 heterocycles. The molecule has 2 aromatic carbocycles. The van der Waals surface area contributed by atoms with Gasteiger partial charge in [-0.05, 0) is 48.4 Å². The molecule has 7 heteroatoms. The molecule has 1 fully saturated rings. The smallest absolute Gasteiger partial charge is 0.253 e. The summed E-state index contributed by atoms with van der Waals surface area (Å²) in [5, 5.41) is 12.0. The van der Waals surface area contributed by atoms with Gasteiger partial charge in [0.2, 0.25) is 0 Å². The van der Waals surface area contributed by atoms with Crippen LogP contribution in [0.2, 0.25) is 0 Å². The number of aliphatic hydroxyl groups excluding tert-OH is 1. The lowest BCUT2D eigenvalue weighted by Gasteiger charge is -2.17. The van der Waals surface area contributed by atoms with E-state index < -0.39 is 6.10 Å². The highest BCUT2D eigenvalue weighted by atomic mass is 32.1. The highest BCUT2D eigenvalue weighted by molar-refractivity contribution is 7.07. The predicted molar refractivity (Wildman–Crippen MR) is 113 cm³/mol. The molecular formula is C23H23FN2O3S. The maximum atomic E-state index is 13.1. The summed E-state index contributed by atoms with van der Waals surface area (Å²) in [7, 11) is 0. The predicted octanol–water partition coefficient (Wildman–Crippen LogP) is 3.89. The molecule has 0 radical (unpaired) electrons. The second-order valence-corrected chi connectivity index (χ2v) is 8.18. The van der Waals surface area contributed by atoms with Crippen molar-refractivity contribution in [3.8, 4) is 5.75 Å². The zero-order valence-electron chi connectivity index (χ0n) is 16.4. The van der Waals surface area contributed by atoms with Gasteiger partial charge in [0.25, 0.3) is 5.91 Å². The number of ether oxygens (including phenoxy) is 1. The van der Waals surface area contributed by atoms with Crippen molar-refractivity contribution in [2.45, 2.75) is 24.9 Å². The van der Waals surface area contributed by atoms with Crippen LogP contribution in [0, 0.1) is 5.82 Å². The Morgan fingerprint density at radius 3 is 2.70 bits per heavy atom. The van der Waals surface area contributed by atoms with E-state index in [-0.39, 0.29) is 24.2 Å². The number of nitrogens with zero attached hydrogens (tertiary/aromatic N) is 2. The number of carbonyl (C=O) groups excluding carboxylic acids is 1. The van der Waals surface area contributed by atoms with Gasteiger partial charge in [0.15, 0.2) is 0 Å². The molecule has 1 aliphatic heterocycles. The number of benzene rings is 2. The summed E-state index contributed by atoms with van der Waals surface area (Å²) < 4.78 is 18.8. The van der Waals surface area contributed by atoms with Gasteiger partial charge in [0.1, 0.15) is 18.2 Å². The number of likely N-dealkylation sites (tertiary alicyclic amines) is 1. The Morgan fingerprint density at radius 2 is 2.00 bits per heavy atom. The number of hydrogen-bond acceptors (Lipinski definition) is 5. The van der Waals surface area contributed by atoms with Crippen molar-refractivity contribution in [1.82, 2.24) is 9.88 Å². The van der Waals surface area contributed by atoms with Crippen molar-refractivity contribution in [2.75, 3.05) is 19.7 Å². The summed E-state index contributed by atoms with van der Waals surface area (Å²) in [5.74, 6) is 0.572. The highest BCUT2D eigenvalue weighted by Crippen LogP contribution is 2.28. The van der Waals surface area contributed by atoms with Crippen LogP contribution in [0.1, 0.15) is 34.0 Å². The topological polar surface area (TPSA) is 62.7 Å². The zero-order valence-corrected chi connectivity index (χ0v) is 17.2. The van der Waals surface area contributed by atoms with E-state index in [9.17, 15) is 14.3 Å². The number of thiazole rings is 1. The van der Waals surface area contributed by atoms with Crippen molar-refractivity contribution < 1.29 is 19.0 Å². The van der Waals surface area contributed by atoms with E-state index in [1.165, 1.54) is 23.5 Å². The summed E-state index contributed by atoms with van der Waals surface area (Å²) in [5.41, 5.74) is 4.25. The Balaban J connectivity index is 1.29. The molecule has 3 aromatic rings. The molecular weight excluding hydrogens is 403 g/mol. The average molecular weight is 427 g/mol. The van der Waals surface area contributed by atoms with E-state index in [1.54, 1.807) is 41.9 Å². The van der Waals surface area contributed by atoms with Gasteiger partial charge in [-0.3, -0.25) is 4.79 Å². The van der Waals surface area contributed by atoms with Crippen LogP contribution < -0.4 is 4.74 Å². The first-order valence-corrected chi connectivity index (χ1v) is 10.9. The number of hydrogen-bond donors (Lipinski definition) is 1. The van der Waals surface area contributed by atoms with Crippen LogP contribution in [0.4, 0.5) is 4.39 Å². The Labute approximate surface area is 178 Å². The van der Waals surface area contributed by atoms with E-state index in [4.69, 9.17) is 4.74 Å². The summed E-state index contributed by atoms with van der Waals surface area (Å²) in [4.78, 5) is 18.8. The zero-order chi connectivity index (χ0) is 20.9. The Kier molecular flexibility index (Phi) is 6.40. The Hall–Kier alpha value is -2.77. The van der Waals surface area contributed by atoms with E-state index in [0.29, 0.717) is 30.8 Å². The van der Waals surface area contributed by atoms with Crippen molar-refractivity contribution in [1.29, 1.82) is 0 Å². The molecule has 1 unspecified atom stereocenters. The molecule has 1 aliphatic rings. The van der Waals surface area contributed by atoms with Gasteiger partial charge < -0.3 is 14.7 Å². The minimum absolute atomic E-state index is 0.0188. The quantitative estimate of drug-likeness (QED) is 0.623. The van der Waals surface area contributed by atoms with Crippen LogP contribution in [0.15, 0.2) is 59.4 Å². The lowest BCUT2D eigenvalue weighted by molar-refractivity contribution is 0.0790. The van der Waals surface area contributed by atoms with Crippen LogP contribution in [0.3, 0.4) is 0 Å². The van der Waals surface area contributed by atoms with Gasteiger partial charge in [0.05, 0.1) is 17.3 Å². The average Bonchev–Trinajstić information content (AvgIpc) is 3.45. The fraction of sp³-hybridized carbons (Fsp3) is 0.304. The minimum Gasteiger partial charge on any atom is -0.491 e. The van der Waals surface area contributed by atoms with Crippen LogP contribution >= 0.6 is 11.3 Å². The molecule has 0 saturated carbocycles. The van der Waals surface area contributed by atoms with Crippen LogP contribution in [-0.4, -0.2) is 46.7 Å². The summed E-state index contributed by atoms with van der Waals surface area (Å²) in [6.45, 7) is 1.48. The van der Waals surface area contributed by atoms with Crippen LogP contribution in [-0.2, 0) is 6.42 Å². The summed E-state index contributed by atoms with van der Waals surface area (Å²) >= 11 is 1.50. The number of aliphatic hydroxyl groups is 1. The fourth-order valence-corrected chi connectivity index (χ4v) is 4.23. The number of rotatable bonds is 7. The van der Waals surface area contributed by atoms with Crippen molar-refractivity contribution >= 4 is 17.2 Å². The third-order valence-electron chi connectivity index (χ3n) is 5.29. The largest absolute Gasteiger partial charge is 0.491 e. The number of carbonyl (C=O) groups is 1. The molecule has 1 saturated heterocycles. The molecule has 30 heavy (non-hydrogen) atoms. The van der Waals surface area contributed by atoms with E-state index in [1.807, 2.05) is 10.3 Å². The fourth-order valence-electron chi connectivity index (χ4n) is 3.66. The molecule has 1 amide bonds. The number of aromatic nitrogens is 1. The van der Waals surface area contributed by atoms with Crippen LogP contribution in [0.25, 0.3) is 0 Å². The number of halogens is 1. The van der Waals surface area contributed by atoms with Crippen LogP contribution in [0.5, 0.6) is 5.75 Å². The highest BCUT2D eigenvalue weighted by Gasteiger charge is 2.28. The van der Waals surface area contributed by atoms with Crippen molar-refractivity contribution in [3.63, 3.8) is 0 Å². The Bertz CT molecular complexity index is 961. The van der Waals surface area contributed by atoms with E-state index >= 15 is 0 Å². The lowest BCUT2D eigenvalue weighted by Crippen LogP contribution is -2.28. The number of amides is 1. The minimum atomic E-state index is -0.638. The summed E-state index contributed by atoms with van der Waals surface area (Å²) in [6.07, 6.45) is 0.682. The molecule has 0 spiro atoms. The molecule has 4 rings (SSSR count). The SMILES string of the molecule is O=C(c1ccc(OCC(O)Cc2cscn2)cc1)N1CC[C@H](c2ccc(F)cc2)C1. The second-order valence-electron chi connectivity index (χ2n) is 7.46. The van der Waals surface area contributed by atoms with Gasteiger partial charge in [-0.2, -0.15) is 0 Å². The normalized spacial score (nSPS) is 17.1. The van der Waals surface area contributed by atoms with Gasteiger partial charge >= 0.3 is 0 Å². The monoisotopic (exact) mass is 426 g/mol. The van der Waals surface area contributed by atoms with E-state index in [0.717, 1.165) is 17.7 Å². The Morgan fingerprint density at radius 1 is 1.23 bits per heavy atom. The first-order chi connectivity index (χ1) is 14.6. The molecule has 1 aromatic heterocycles. The molecule has 2 atom stereocenters. The maximum absolute atomic E-state index is 13.1. The first kappa shape index (κ1) is 20.5. The molecule has 156 valence electrons. The van der Waals surface area contributed by atoms with Gasteiger partial charge in [0, 0.05) is 36.4 Å². The second kappa shape index (κ2) is 9.36. The van der Waals surface area contributed by atoms with Crippen molar-refractivity contribution in [2.24, 2.45) is 0 Å². The van der Waals surface area contributed by atoms with Gasteiger partial charge in [-0.25, -0.2) is 9.37 Å². The van der Waals surface area contributed by atoms with Gasteiger partial charge in [-0.1, -0.05) is 12.1 Å².